The molecule has 1 atom stereocenters. The van der Waals surface area contributed by atoms with E-state index in [-0.39, 0.29) is 6.10 Å². The largest absolute Gasteiger partial charge is 0.367 e. The van der Waals surface area contributed by atoms with Crippen LogP contribution in [0.2, 0.25) is 0 Å². The highest BCUT2D eigenvalue weighted by Crippen LogP contribution is 2.32. The van der Waals surface area contributed by atoms with Crippen molar-refractivity contribution in [3.8, 4) is 0 Å². The number of hydrogen-bond donors (Lipinski definition) is 1. The zero-order valence-corrected chi connectivity index (χ0v) is 8.61. The van der Waals surface area contributed by atoms with Crippen LogP contribution in [0.25, 0.3) is 0 Å². The number of ether oxygens (including phenoxy) is 1. The molecule has 0 radical (unpaired) electrons. The fourth-order valence-electron chi connectivity index (χ4n) is 1.78. The van der Waals surface area contributed by atoms with E-state index in [1.807, 2.05) is 0 Å². The molecule has 0 aromatic carbocycles. The second-order valence-electron chi connectivity index (χ2n) is 4.26. The molecule has 1 saturated heterocycles. The summed E-state index contributed by atoms with van der Waals surface area (Å²) < 4.78 is 10.8. The average Bonchev–Trinajstić information content (AvgIpc) is 2.96. The van der Waals surface area contributed by atoms with Gasteiger partial charge in [0, 0.05) is 19.5 Å². The second kappa shape index (κ2) is 3.90. The van der Waals surface area contributed by atoms with Crippen molar-refractivity contribution < 1.29 is 9.26 Å². The number of morpholine rings is 1. The van der Waals surface area contributed by atoms with Gasteiger partial charge >= 0.3 is 0 Å². The second-order valence-corrected chi connectivity index (χ2v) is 4.26. The van der Waals surface area contributed by atoms with Gasteiger partial charge in [0.05, 0.1) is 6.61 Å². The Morgan fingerprint density at radius 1 is 1.40 bits per heavy atom. The smallest absolute Gasteiger partial charge is 0.227 e. The Morgan fingerprint density at radius 3 is 3.07 bits per heavy atom. The Kier molecular flexibility index (Phi) is 2.42. The molecule has 2 heterocycles. The van der Waals surface area contributed by atoms with E-state index in [4.69, 9.17) is 9.26 Å². The third-order valence-electron chi connectivity index (χ3n) is 2.86. The number of nitrogens with zero attached hydrogens (tertiary/aromatic N) is 2. The molecule has 2 fully saturated rings. The molecular formula is C10H15N3O2. The molecule has 1 aromatic heterocycles. The molecule has 1 saturated carbocycles. The summed E-state index contributed by atoms with van der Waals surface area (Å²) in [5.74, 6) is 2.24. The van der Waals surface area contributed by atoms with Crippen LogP contribution in [-0.4, -0.2) is 29.8 Å². The topological polar surface area (TPSA) is 60.2 Å². The predicted octanol–water partition coefficient (Wildman–Crippen LogP) is 0.683. The van der Waals surface area contributed by atoms with Crippen LogP contribution in [0.5, 0.6) is 0 Å². The Balaban J connectivity index is 1.65. The van der Waals surface area contributed by atoms with Gasteiger partial charge in [0.25, 0.3) is 0 Å². The van der Waals surface area contributed by atoms with E-state index < -0.39 is 0 Å². The fourth-order valence-corrected chi connectivity index (χ4v) is 1.78. The standard InChI is InChI=1S/C10H15N3O2/c1-2-7(1)5-9-12-10(13-15-9)8-6-11-3-4-14-8/h7-8,11H,1-6H2. The Morgan fingerprint density at radius 2 is 2.33 bits per heavy atom. The van der Waals surface area contributed by atoms with E-state index in [1.54, 1.807) is 0 Å². The number of nitrogens with one attached hydrogen (secondary N) is 1. The van der Waals surface area contributed by atoms with Crippen LogP contribution in [0.4, 0.5) is 0 Å². The molecular weight excluding hydrogens is 194 g/mol. The minimum absolute atomic E-state index is 0.0320. The maximum atomic E-state index is 5.55. The maximum absolute atomic E-state index is 5.55. The van der Waals surface area contributed by atoms with Crippen LogP contribution < -0.4 is 5.32 Å². The van der Waals surface area contributed by atoms with Gasteiger partial charge in [-0.15, -0.1) is 0 Å². The van der Waals surface area contributed by atoms with Crippen molar-refractivity contribution >= 4 is 0 Å². The SMILES string of the molecule is C1COC(c2noc(CC3CC3)n2)CN1. The molecule has 2 aliphatic rings. The van der Waals surface area contributed by atoms with Gasteiger partial charge in [-0.25, -0.2) is 0 Å². The highest BCUT2D eigenvalue weighted by atomic mass is 16.5. The van der Waals surface area contributed by atoms with Crippen molar-refractivity contribution in [2.75, 3.05) is 19.7 Å². The summed E-state index contributed by atoms with van der Waals surface area (Å²) in [5, 5.41) is 7.22. The third-order valence-corrected chi connectivity index (χ3v) is 2.86. The maximum Gasteiger partial charge on any atom is 0.227 e. The highest BCUT2D eigenvalue weighted by molar-refractivity contribution is 4.95. The van der Waals surface area contributed by atoms with Gasteiger partial charge in [-0.1, -0.05) is 5.16 Å². The molecule has 1 aromatic rings. The first-order valence-corrected chi connectivity index (χ1v) is 5.56. The molecule has 15 heavy (non-hydrogen) atoms. The summed E-state index contributed by atoms with van der Waals surface area (Å²) in [4.78, 5) is 4.37. The van der Waals surface area contributed by atoms with Crippen LogP contribution in [-0.2, 0) is 11.2 Å². The van der Waals surface area contributed by atoms with Gasteiger partial charge in [0.15, 0.2) is 0 Å². The van der Waals surface area contributed by atoms with Crippen LogP contribution >= 0.6 is 0 Å². The van der Waals surface area contributed by atoms with Crippen molar-refractivity contribution in [1.82, 2.24) is 15.5 Å². The van der Waals surface area contributed by atoms with Gasteiger partial charge in [0.2, 0.25) is 11.7 Å². The lowest BCUT2D eigenvalue weighted by Crippen LogP contribution is -2.33. The fraction of sp³-hybridized carbons (Fsp3) is 0.800. The van der Waals surface area contributed by atoms with E-state index in [0.717, 1.165) is 37.9 Å². The van der Waals surface area contributed by atoms with Crippen molar-refractivity contribution in [2.45, 2.75) is 25.4 Å². The lowest BCUT2D eigenvalue weighted by atomic mass is 10.3. The summed E-state index contributed by atoms with van der Waals surface area (Å²) in [6.07, 6.45) is 3.52. The Labute approximate surface area is 88.2 Å². The third kappa shape index (κ3) is 2.18. The minimum Gasteiger partial charge on any atom is -0.367 e. The summed E-state index contributed by atoms with van der Waals surface area (Å²) in [5.41, 5.74) is 0. The van der Waals surface area contributed by atoms with E-state index in [2.05, 4.69) is 15.5 Å². The summed E-state index contributed by atoms with van der Waals surface area (Å²) in [6.45, 7) is 2.41. The lowest BCUT2D eigenvalue weighted by molar-refractivity contribution is 0.0208. The zero-order chi connectivity index (χ0) is 10.1. The molecule has 1 unspecified atom stereocenters. The van der Waals surface area contributed by atoms with Crippen LogP contribution in [0.3, 0.4) is 0 Å². The van der Waals surface area contributed by atoms with Crippen LogP contribution in [0, 0.1) is 5.92 Å². The molecule has 5 nitrogen and oxygen atoms in total. The molecule has 0 spiro atoms. The normalized spacial score (nSPS) is 26.8. The van der Waals surface area contributed by atoms with Crippen molar-refractivity contribution in [3.05, 3.63) is 11.7 Å². The summed E-state index contributed by atoms with van der Waals surface area (Å²) in [7, 11) is 0. The van der Waals surface area contributed by atoms with Gasteiger partial charge < -0.3 is 14.6 Å². The summed E-state index contributed by atoms with van der Waals surface area (Å²) in [6, 6.07) is 0. The van der Waals surface area contributed by atoms with Gasteiger partial charge in [0.1, 0.15) is 6.10 Å². The molecule has 1 N–H and O–H groups in total. The number of aromatic nitrogens is 2. The van der Waals surface area contributed by atoms with Gasteiger partial charge in [-0.3, -0.25) is 0 Å². The predicted molar refractivity (Wildman–Crippen MR) is 52.3 cm³/mol. The van der Waals surface area contributed by atoms with Gasteiger partial charge in [-0.05, 0) is 18.8 Å². The van der Waals surface area contributed by atoms with E-state index >= 15 is 0 Å². The molecule has 5 heteroatoms. The van der Waals surface area contributed by atoms with E-state index in [0.29, 0.717) is 5.82 Å². The number of rotatable bonds is 3. The molecule has 0 amide bonds. The lowest BCUT2D eigenvalue weighted by Gasteiger charge is -2.20. The van der Waals surface area contributed by atoms with Crippen molar-refractivity contribution in [1.29, 1.82) is 0 Å². The van der Waals surface area contributed by atoms with Crippen molar-refractivity contribution in [3.63, 3.8) is 0 Å². The van der Waals surface area contributed by atoms with E-state index in [9.17, 15) is 0 Å². The van der Waals surface area contributed by atoms with Crippen molar-refractivity contribution in [2.24, 2.45) is 5.92 Å². The number of hydrogen-bond acceptors (Lipinski definition) is 5. The Bertz CT molecular complexity index is 329. The first-order valence-electron chi connectivity index (χ1n) is 5.56. The molecule has 1 aliphatic carbocycles. The summed E-state index contributed by atoms with van der Waals surface area (Å²) >= 11 is 0. The first kappa shape index (κ1) is 9.30. The van der Waals surface area contributed by atoms with Crippen LogP contribution in [0.1, 0.15) is 30.7 Å². The molecule has 3 rings (SSSR count). The Hall–Kier alpha value is -0.940. The quantitative estimate of drug-likeness (QED) is 0.793. The molecule has 82 valence electrons. The highest BCUT2D eigenvalue weighted by Gasteiger charge is 2.26. The van der Waals surface area contributed by atoms with Gasteiger partial charge in [-0.2, -0.15) is 4.98 Å². The average molecular weight is 209 g/mol. The first-order chi connectivity index (χ1) is 7.42. The molecule has 1 aliphatic heterocycles. The van der Waals surface area contributed by atoms with Crippen LogP contribution in [0.15, 0.2) is 4.52 Å². The molecule has 0 bridgehead atoms. The van der Waals surface area contributed by atoms with E-state index in [1.165, 1.54) is 12.8 Å². The zero-order valence-electron chi connectivity index (χ0n) is 8.61. The minimum atomic E-state index is -0.0320. The monoisotopic (exact) mass is 209 g/mol.